The van der Waals surface area contributed by atoms with Gasteiger partial charge in [-0.15, -0.1) is 0 Å². The quantitative estimate of drug-likeness (QED) is 0.421. The highest BCUT2D eigenvalue weighted by atomic mass is 16.5. The lowest BCUT2D eigenvalue weighted by Gasteiger charge is -2.43. The predicted molar refractivity (Wildman–Crippen MR) is 170 cm³/mol. The third-order valence-electron chi connectivity index (χ3n) is 9.94. The Morgan fingerprint density at radius 3 is 1.43 bits per heavy atom. The molecule has 6 rings (SSSR count). The molecule has 2 N–H and O–H groups in total. The highest BCUT2D eigenvalue weighted by Gasteiger charge is 2.40. The molecule has 0 amide bonds. The number of piperidine rings is 2. The summed E-state index contributed by atoms with van der Waals surface area (Å²) < 4.78 is 10.5. The molecule has 0 bridgehead atoms. The zero-order chi connectivity index (χ0) is 31.7. The number of rotatable bonds is 6. The minimum atomic E-state index is 0.147. The molecule has 0 unspecified atom stereocenters. The van der Waals surface area contributed by atoms with Crippen LogP contribution in [0, 0.1) is 23.7 Å². The van der Waals surface area contributed by atoms with E-state index in [-0.39, 0.29) is 35.4 Å². The van der Waals surface area contributed by atoms with Crippen LogP contribution in [-0.4, -0.2) is 72.0 Å². The smallest absolute Gasteiger partial charge is 0.160 e. The minimum absolute atomic E-state index is 0.147. The summed E-state index contributed by atoms with van der Waals surface area (Å²) in [5, 5.41) is 19.9. The molecule has 2 aromatic rings. The van der Waals surface area contributed by atoms with Gasteiger partial charge in [-0.1, -0.05) is 27.7 Å². The number of phenols is 2. The van der Waals surface area contributed by atoms with E-state index in [2.05, 4.69) is 37.5 Å². The second-order valence-corrected chi connectivity index (χ2v) is 14.0. The highest BCUT2D eigenvalue weighted by Crippen LogP contribution is 2.43. The maximum Gasteiger partial charge on any atom is 0.160 e. The Balaban J connectivity index is 0.000000175. The molecule has 2 aromatic carbocycles. The number of nitrogens with zero attached hydrogens (tertiary/aromatic N) is 2. The maximum atomic E-state index is 12.5. The van der Waals surface area contributed by atoms with E-state index in [1.807, 2.05) is 12.1 Å². The first-order valence-electron chi connectivity index (χ1n) is 16.3. The fourth-order valence-corrected chi connectivity index (χ4v) is 7.82. The van der Waals surface area contributed by atoms with Crippen molar-refractivity contribution < 1.29 is 29.3 Å². The summed E-state index contributed by atoms with van der Waals surface area (Å²) in [5.41, 5.74) is 4.60. The molecular formula is C36H50N2O6. The molecule has 2 fully saturated rings. The fraction of sp³-hybridized carbons (Fsp3) is 0.611. The zero-order valence-electron chi connectivity index (χ0n) is 27.3. The first-order valence-corrected chi connectivity index (χ1v) is 16.3. The number of methoxy groups -OCH3 is 2. The largest absolute Gasteiger partial charge is 0.504 e. The maximum absolute atomic E-state index is 12.5. The van der Waals surface area contributed by atoms with Gasteiger partial charge >= 0.3 is 0 Å². The molecule has 8 nitrogen and oxygen atoms in total. The summed E-state index contributed by atoms with van der Waals surface area (Å²) in [6.07, 6.45) is 4.97. The van der Waals surface area contributed by atoms with Crippen molar-refractivity contribution in [3.05, 3.63) is 46.5 Å². The summed E-state index contributed by atoms with van der Waals surface area (Å²) in [6, 6.07) is 7.73. The van der Waals surface area contributed by atoms with Crippen molar-refractivity contribution in [2.24, 2.45) is 23.7 Å². The van der Waals surface area contributed by atoms with Crippen molar-refractivity contribution in [2.75, 3.05) is 40.4 Å². The van der Waals surface area contributed by atoms with Crippen molar-refractivity contribution in [3.63, 3.8) is 0 Å². The number of aromatic hydroxyl groups is 2. The van der Waals surface area contributed by atoms with E-state index < -0.39 is 0 Å². The second kappa shape index (κ2) is 13.5. The number of fused-ring (bicyclic) bond motifs is 6. The average Bonchev–Trinajstić information content (AvgIpc) is 2.97. The van der Waals surface area contributed by atoms with Crippen molar-refractivity contribution in [1.82, 2.24) is 9.80 Å². The molecule has 4 atom stereocenters. The first-order chi connectivity index (χ1) is 21.0. The Morgan fingerprint density at radius 2 is 1.09 bits per heavy atom. The van der Waals surface area contributed by atoms with Crippen LogP contribution in [0.2, 0.25) is 0 Å². The number of carbonyl (C=O) groups is 2. The number of Topliss-reactive ketones (excluding diaryl/α,β-unsaturated/α-hetero) is 2. The van der Waals surface area contributed by atoms with E-state index in [1.54, 1.807) is 26.4 Å². The monoisotopic (exact) mass is 606 g/mol. The van der Waals surface area contributed by atoms with E-state index in [9.17, 15) is 19.8 Å². The number of benzene rings is 2. The van der Waals surface area contributed by atoms with E-state index >= 15 is 0 Å². The van der Waals surface area contributed by atoms with Crippen LogP contribution >= 0.6 is 0 Å². The van der Waals surface area contributed by atoms with Crippen molar-refractivity contribution in [3.8, 4) is 23.0 Å². The van der Waals surface area contributed by atoms with Crippen LogP contribution in [0.25, 0.3) is 0 Å². The number of phenolic OH excluding ortho intramolecular Hbond substituents is 2. The lowest BCUT2D eigenvalue weighted by Crippen LogP contribution is -2.46. The Labute approximate surface area is 262 Å². The number of carbonyl (C=O) groups excluding carboxylic acids is 2. The van der Waals surface area contributed by atoms with Gasteiger partial charge in [-0.25, -0.2) is 0 Å². The summed E-state index contributed by atoms with van der Waals surface area (Å²) in [7, 11) is 3.12. The molecule has 4 heterocycles. The third kappa shape index (κ3) is 6.76. The van der Waals surface area contributed by atoms with Gasteiger partial charge in [0.15, 0.2) is 23.0 Å². The highest BCUT2D eigenvalue weighted by molar-refractivity contribution is 5.83. The van der Waals surface area contributed by atoms with Gasteiger partial charge in [0.25, 0.3) is 0 Å². The minimum Gasteiger partial charge on any atom is -0.504 e. The van der Waals surface area contributed by atoms with Gasteiger partial charge in [0, 0.05) is 62.9 Å². The van der Waals surface area contributed by atoms with Crippen molar-refractivity contribution >= 4 is 11.6 Å². The molecule has 2 saturated heterocycles. The third-order valence-corrected chi connectivity index (χ3v) is 9.94. The second-order valence-electron chi connectivity index (χ2n) is 14.0. The van der Waals surface area contributed by atoms with Crippen molar-refractivity contribution in [2.45, 2.75) is 78.3 Å². The molecule has 0 aliphatic carbocycles. The lowest BCUT2D eigenvalue weighted by molar-refractivity contribution is -0.130. The molecule has 0 saturated carbocycles. The summed E-state index contributed by atoms with van der Waals surface area (Å²) in [6.45, 7) is 12.4. The van der Waals surface area contributed by atoms with E-state index in [4.69, 9.17) is 9.47 Å². The molecule has 4 aliphatic rings. The molecule has 0 spiro atoms. The molecule has 0 aromatic heterocycles. The Hall–Kier alpha value is -3.10. The SMILES string of the molecule is COc1cc2c(cc1O)CCN1C[C@@H](CC(C)C)C(=O)C[C@H]21.COc1cc2c(cc1O)CCN1C[C@H](CC(C)C)C(=O)C[C@@H]21. The fourth-order valence-electron chi connectivity index (χ4n) is 7.82. The molecule has 44 heavy (non-hydrogen) atoms. The average molecular weight is 607 g/mol. The molecule has 0 radical (unpaired) electrons. The molecule has 4 aliphatic heterocycles. The first kappa shape index (κ1) is 32.3. The Morgan fingerprint density at radius 1 is 0.705 bits per heavy atom. The predicted octanol–water partition coefficient (Wildman–Crippen LogP) is 5.87. The zero-order valence-corrected chi connectivity index (χ0v) is 27.3. The topological polar surface area (TPSA) is 99.5 Å². The van der Waals surface area contributed by atoms with Gasteiger partial charge in [-0.3, -0.25) is 19.4 Å². The molecule has 240 valence electrons. The van der Waals surface area contributed by atoms with Crippen LogP contribution in [0.1, 0.15) is 87.7 Å². The number of ether oxygens (including phenoxy) is 2. The molecule has 8 heteroatoms. The number of hydrogen-bond acceptors (Lipinski definition) is 8. The van der Waals surface area contributed by atoms with Crippen LogP contribution in [0.15, 0.2) is 24.3 Å². The van der Waals surface area contributed by atoms with Crippen molar-refractivity contribution in [1.29, 1.82) is 0 Å². The molecular weight excluding hydrogens is 556 g/mol. The normalized spacial score (nSPS) is 25.0. The summed E-state index contributed by atoms with van der Waals surface area (Å²) >= 11 is 0. The van der Waals surface area contributed by atoms with Crippen LogP contribution in [-0.2, 0) is 22.4 Å². The summed E-state index contributed by atoms with van der Waals surface area (Å²) in [5.74, 6) is 3.61. The van der Waals surface area contributed by atoms with E-state index in [0.29, 0.717) is 47.7 Å². The Kier molecular flexibility index (Phi) is 9.90. The van der Waals surface area contributed by atoms with Gasteiger partial charge in [0.2, 0.25) is 0 Å². The lowest BCUT2D eigenvalue weighted by atomic mass is 9.80. The van der Waals surface area contributed by atoms with Gasteiger partial charge in [-0.2, -0.15) is 0 Å². The van der Waals surface area contributed by atoms with Crippen LogP contribution in [0.5, 0.6) is 23.0 Å². The van der Waals surface area contributed by atoms with Crippen LogP contribution in [0.3, 0.4) is 0 Å². The van der Waals surface area contributed by atoms with E-state index in [0.717, 1.165) is 74.1 Å². The standard InChI is InChI=1S/2C18H25NO3/c2*1-11(2)6-13-10-19-5-4-12-7-17(21)18(22-3)8-14(12)15(19)9-16(13)20/h2*7-8,11,13,15,21H,4-6,9-10H2,1-3H3/t2*13-,15-/m10/s1. The van der Waals surface area contributed by atoms with Gasteiger partial charge < -0.3 is 19.7 Å². The van der Waals surface area contributed by atoms with E-state index in [1.165, 1.54) is 0 Å². The number of hydrogen-bond donors (Lipinski definition) is 2. The summed E-state index contributed by atoms with van der Waals surface area (Å²) in [4.78, 5) is 29.9. The van der Waals surface area contributed by atoms with Crippen LogP contribution < -0.4 is 9.47 Å². The van der Waals surface area contributed by atoms with Crippen LogP contribution in [0.4, 0.5) is 0 Å². The van der Waals surface area contributed by atoms with Gasteiger partial charge in [0.1, 0.15) is 11.6 Å². The number of ketones is 2. The van der Waals surface area contributed by atoms with Gasteiger partial charge in [0.05, 0.1) is 14.2 Å². The van der Waals surface area contributed by atoms with Gasteiger partial charge in [-0.05, 0) is 84.0 Å². The Bertz CT molecular complexity index is 1270.